The van der Waals surface area contributed by atoms with E-state index in [4.69, 9.17) is 14.7 Å². The van der Waals surface area contributed by atoms with Gasteiger partial charge in [-0.2, -0.15) is 9.97 Å². The molecule has 0 radical (unpaired) electrons. The van der Waals surface area contributed by atoms with Crippen molar-refractivity contribution in [1.29, 1.82) is 0 Å². The highest BCUT2D eigenvalue weighted by Crippen LogP contribution is 2.56. The van der Waals surface area contributed by atoms with Crippen LogP contribution in [0.5, 0.6) is 11.8 Å². The lowest BCUT2D eigenvalue weighted by Gasteiger charge is -2.39. The van der Waals surface area contributed by atoms with E-state index in [2.05, 4.69) is 43.2 Å². The molecule has 2 bridgehead atoms. The lowest BCUT2D eigenvalue weighted by atomic mass is 9.69. The fourth-order valence-corrected chi connectivity index (χ4v) is 11.3. The minimum atomic E-state index is 0.281. The molecule has 3 aliphatic heterocycles. The molecule has 46 heavy (non-hydrogen) atoms. The molecular formula is C38H48BrN5O2. The molecule has 0 spiro atoms. The first-order valence-corrected chi connectivity index (χ1v) is 19.0. The predicted octanol–water partition coefficient (Wildman–Crippen LogP) is 7.76. The molecule has 2 aromatic carbocycles. The van der Waals surface area contributed by atoms with Gasteiger partial charge in [-0.3, -0.25) is 0 Å². The molecule has 1 aromatic heterocycles. The van der Waals surface area contributed by atoms with E-state index >= 15 is 0 Å². The first-order valence-electron chi connectivity index (χ1n) is 18.2. The van der Waals surface area contributed by atoms with Gasteiger partial charge in [0, 0.05) is 64.3 Å². The van der Waals surface area contributed by atoms with Crippen molar-refractivity contribution in [3.63, 3.8) is 0 Å². The van der Waals surface area contributed by atoms with Crippen LogP contribution in [0.3, 0.4) is 0 Å². The first-order chi connectivity index (χ1) is 22.5. The summed E-state index contributed by atoms with van der Waals surface area (Å²) in [4.78, 5) is 15.4. The number of fused-ring (bicyclic) bond motifs is 6. The van der Waals surface area contributed by atoms with Crippen molar-refractivity contribution in [2.24, 2.45) is 23.2 Å². The summed E-state index contributed by atoms with van der Waals surface area (Å²) in [6.07, 6.45) is 17.2. The van der Waals surface area contributed by atoms with Gasteiger partial charge in [-0.15, -0.1) is 0 Å². The Morgan fingerprint density at radius 2 is 1.78 bits per heavy atom. The third-order valence-electron chi connectivity index (χ3n) is 13.0. The quantitative estimate of drug-likeness (QED) is 0.284. The number of halogens is 1. The van der Waals surface area contributed by atoms with Crippen molar-refractivity contribution in [2.75, 3.05) is 36.0 Å². The number of ether oxygens (including phenoxy) is 1. The van der Waals surface area contributed by atoms with Crippen LogP contribution in [-0.2, 0) is 13.0 Å². The second-order valence-electron chi connectivity index (χ2n) is 15.6. The van der Waals surface area contributed by atoms with Crippen molar-refractivity contribution in [3.8, 4) is 11.8 Å². The topological polar surface area (TPSA) is 73.8 Å². The second-order valence-corrected chi connectivity index (χ2v) is 16.5. The summed E-state index contributed by atoms with van der Waals surface area (Å²) in [5.41, 5.74) is 3.69. The van der Waals surface area contributed by atoms with Gasteiger partial charge in [0.1, 0.15) is 11.6 Å². The number of aromatic hydroxyl groups is 1. The molecule has 2 N–H and O–H groups in total. The Labute approximate surface area is 281 Å². The zero-order chi connectivity index (χ0) is 30.8. The third-order valence-corrected chi connectivity index (χ3v) is 13.6. The first kappa shape index (κ1) is 29.6. The van der Waals surface area contributed by atoms with E-state index in [1.807, 2.05) is 18.2 Å². The summed E-state index contributed by atoms with van der Waals surface area (Å²) >= 11 is 3.80. The van der Waals surface area contributed by atoms with E-state index in [1.165, 1.54) is 82.6 Å². The second kappa shape index (κ2) is 11.8. The van der Waals surface area contributed by atoms with Gasteiger partial charge in [0.15, 0.2) is 0 Å². The Kier molecular flexibility index (Phi) is 7.60. The van der Waals surface area contributed by atoms with Crippen LogP contribution in [0.4, 0.5) is 11.5 Å². The number of phenols is 1. The van der Waals surface area contributed by atoms with E-state index in [0.29, 0.717) is 30.4 Å². The highest BCUT2D eigenvalue weighted by molar-refractivity contribution is 9.10. The average molecular weight is 687 g/mol. The number of nitrogens with one attached hydrogen (secondary N) is 1. The van der Waals surface area contributed by atoms with Crippen molar-refractivity contribution >= 4 is 38.2 Å². The normalized spacial score (nSPS) is 32.2. The zero-order valence-electron chi connectivity index (χ0n) is 27.0. The average Bonchev–Trinajstić information content (AvgIpc) is 3.58. The fourth-order valence-electron chi connectivity index (χ4n) is 10.7. The van der Waals surface area contributed by atoms with Gasteiger partial charge in [0.2, 0.25) is 0 Å². The molecule has 2 saturated heterocycles. The van der Waals surface area contributed by atoms with Crippen molar-refractivity contribution < 1.29 is 9.84 Å². The van der Waals surface area contributed by atoms with Crippen LogP contribution in [0.2, 0.25) is 0 Å². The molecule has 6 aliphatic rings. The molecule has 8 heteroatoms. The standard InChI is InChI=1S/C38H48BrN5O2/c39-32-9-3-7-25-17-30(45)18-34(35(25)32)43-16-14-31-33(22-43)41-37(42-36(31)44-20-28-12-13-29(21-44)40-28)46-23-38-15-4-8-27(38)11-10-24-5-1-2-6-26(24)19-38/h3,7,9,17-18,24,26-29,40,45H,1-2,4-6,8,10-16,19-23H2/t24-,26+,27?,28?,29?,38-/m1/s1. The van der Waals surface area contributed by atoms with Crippen LogP contribution in [0.1, 0.15) is 88.3 Å². The monoisotopic (exact) mass is 685 g/mol. The van der Waals surface area contributed by atoms with Crippen LogP contribution in [0.15, 0.2) is 34.8 Å². The Hall–Kier alpha value is -2.58. The minimum absolute atomic E-state index is 0.281. The Balaban J connectivity index is 1.05. The number of hydrogen-bond donors (Lipinski definition) is 2. The maximum atomic E-state index is 10.7. The lowest BCUT2D eigenvalue weighted by molar-refractivity contribution is 0.0624. The molecular weight excluding hydrogens is 638 g/mol. The molecule has 0 amide bonds. The maximum absolute atomic E-state index is 10.7. The number of anilines is 2. The van der Waals surface area contributed by atoms with Gasteiger partial charge in [-0.1, -0.05) is 60.2 Å². The van der Waals surface area contributed by atoms with Gasteiger partial charge in [-0.25, -0.2) is 0 Å². The van der Waals surface area contributed by atoms with Gasteiger partial charge < -0.3 is 25.0 Å². The smallest absolute Gasteiger partial charge is 0.318 e. The van der Waals surface area contributed by atoms with Gasteiger partial charge in [0.05, 0.1) is 18.8 Å². The number of benzene rings is 2. The fraction of sp³-hybridized carbons (Fsp3) is 0.632. The van der Waals surface area contributed by atoms with Crippen LogP contribution < -0.4 is 19.9 Å². The third kappa shape index (κ3) is 5.26. The molecule has 4 heterocycles. The summed E-state index contributed by atoms with van der Waals surface area (Å²) in [7, 11) is 0. The number of piperazine rings is 1. The largest absolute Gasteiger partial charge is 0.508 e. The summed E-state index contributed by atoms with van der Waals surface area (Å²) in [5.74, 6) is 4.00. The number of aromatic nitrogens is 2. The highest BCUT2D eigenvalue weighted by atomic mass is 79.9. The molecule has 5 fully saturated rings. The Morgan fingerprint density at radius 3 is 2.65 bits per heavy atom. The van der Waals surface area contributed by atoms with Crippen LogP contribution in [-0.4, -0.2) is 53.4 Å². The van der Waals surface area contributed by atoms with E-state index < -0.39 is 0 Å². The van der Waals surface area contributed by atoms with E-state index in [9.17, 15) is 5.11 Å². The number of nitrogens with zero attached hydrogens (tertiary/aromatic N) is 4. The van der Waals surface area contributed by atoms with E-state index in [-0.39, 0.29) is 5.41 Å². The van der Waals surface area contributed by atoms with E-state index in [0.717, 1.165) is 82.9 Å². The Bertz CT molecular complexity index is 1620. The SMILES string of the molecule is Oc1cc(N2CCc3c(nc(OC[C@]45CCCC4CC[C@H]4CCCC[C@H]4C5)nc3N3CC4CCC(C3)N4)C2)c2c(Br)cccc2c1. The summed E-state index contributed by atoms with van der Waals surface area (Å²) in [6, 6.07) is 11.6. The predicted molar refractivity (Wildman–Crippen MR) is 187 cm³/mol. The minimum Gasteiger partial charge on any atom is -0.508 e. The molecule has 9 rings (SSSR count). The summed E-state index contributed by atoms with van der Waals surface area (Å²) < 4.78 is 7.92. The molecule has 3 unspecified atom stereocenters. The number of hydrogen-bond acceptors (Lipinski definition) is 7. The van der Waals surface area contributed by atoms with Gasteiger partial charge >= 0.3 is 6.01 Å². The van der Waals surface area contributed by atoms with Gasteiger partial charge in [-0.05, 0) is 86.6 Å². The van der Waals surface area contributed by atoms with Crippen molar-refractivity contribution in [1.82, 2.24) is 15.3 Å². The van der Waals surface area contributed by atoms with Crippen molar-refractivity contribution in [3.05, 3.63) is 46.1 Å². The van der Waals surface area contributed by atoms with Crippen molar-refractivity contribution in [2.45, 2.75) is 102 Å². The molecule has 3 aliphatic carbocycles. The molecule has 3 saturated carbocycles. The maximum Gasteiger partial charge on any atom is 0.318 e. The molecule has 6 atom stereocenters. The molecule has 244 valence electrons. The lowest BCUT2D eigenvalue weighted by Crippen LogP contribution is -2.52. The highest BCUT2D eigenvalue weighted by Gasteiger charge is 2.48. The molecule has 7 nitrogen and oxygen atoms in total. The van der Waals surface area contributed by atoms with Crippen LogP contribution in [0, 0.1) is 23.2 Å². The molecule has 3 aromatic rings. The number of phenolic OH excluding ortho intramolecular Hbond substituents is 1. The van der Waals surface area contributed by atoms with Crippen LogP contribution >= 0.6 is 15.9 Å². The summed E-state index contributed by atoms with van der Waals surface area (Å²) in [5, 5.41) is 16.7. The Morgan fingerprint density at radius 1 is 0.935 bits per heavy atom. The zero-order valence-corrected chi connectivity index (χ0v) is 28.6. The van der Waals surface area contributed by atoms with Gasteiger partial charge in [0.25, 0.3) is 0 Å². The van der Waals surface area contributed by atoms with E-state index in [1.54, 1.807) is 0 Å². The number of rotatable bonds is 5. The summed E-state index contributed by atoms with van der Waals surface area (Å²) in [6.45, 7) is 4.30. The van der Waals surface area contributed by atoms with Crippen LogP contribution in [0.25, 0.3) is 10.8 Å².